The van der Waals surface area contributed by atoms with E-state index in [0.717, 1.165) is 22.4 Å². The van der Waals surface area contributed by atoms with Crippen molar-refractivity contribution in [2.75, 3.05) is 26.8 Å². The summed E-state index contributed by atoms with van der Waals surface area (Å²) < 4.78 is 11.7. The molecule has 3 N–H and O–H groups in total. The zero-order valence-corrected chi connectivity index (χ0v) is 22.4. The zero-order valence-electron chi connectivity index (χ0n) is 22.4. The minimum absolute atomic E-state index is 0.0910. The maximum Gasteiger partial charge on any atom is 0.247 e. The molecule has 4 unspecified atom stereocenters. The number of ether oxygens (including phenoxy) is 2. The molecule has 0 bridgehead atoms. The molecule has 3 aromatic carbocycles. The second-order valence-corrected chi connectivity index (χ2v) is 9.99. The van der Waals surface area contributed by atoms with Crippen molar-refractivity contribution in [2.24, 2.45) is 0 Å². The lowest BCUT2D eigenvalue weighted by atomic mass is 9.77. The Labute approximate surface area is 233 Å². The molecule has 3 aromatic rings. The van der Waals surface area contributed by atoms with Crippen LogP contribution in [-0.4, -0.2) is 72.0 Å². The van der Waals surface area contributed by atoms with E-state index in [-0.39, 0.29) is 31.4 Å². The largest absolute Gasteiger partial charge is 0.496 e. The number of aliphatic hydroxyl groups excluding tert-OH is 2. The van der Waals surface area contributed by atoms with Crippen LogP contribution in [0.4, 0.5) is 0 Å². The highest BCUT2D eigenvalue weighted by atomic mass is 16.5. The predicted octanol–water partition coefficient (Wildman–Crippen LogP) is 2.63. The monoisotopic (exact) mass is 542 g/mol. The first kappa shape index (κ1) is 27.4. The third kappa shape index (κ3) is 5.59. The minimum atomic E-state index is -1.08. The van der Waals surface area contributed by atoms with Crippen LogP contribution >= 0.6 is 0 Å². The summed E-state index contributed by atoms with van der Waals surface area (Å²) in [4.78, 5) is 28.9. The fourth-order valence-corrected chi connectivity index (χ4v) is 5.65. The molecule has 1 aliphatic heterocycles. The summed E-state index contributed by atoms with van der Waals surface area (Å²) in [5, 5.41) is 23.8. The highest BCUT2D eigenvalue weighted by molar-refractivity contribution is 5.96. The predicted molar refractivity (Wildman–Crippen MR) is 150 cm³/mol. The number of aliphatic hydroxyl groups is 2. The topological polar surface area (TPSA) is 108 Å². The van der Waals surface area contributed by atoms with Crippen molar-refractivity contribution in [1.29, 1.82) is 0 Å². The molecular formula is C32H34N2O6. The number of amides is 2. The number of rotatable bonds is 10. The molecule has 0 spiro atoms. The Morgan fingerprint density at radius 2 is 1.73 bits per heavy atom. The van der Waals surface area contributed by atoms with E-state index < -0.39 is 24.2 Å². The van der Waals surface area contributed by atoms with Crippen LogP contribution in [0.15, 0.2) is 90.5 Å². The standard InChI is InChI=1S/C32H34N2O6/c1-39-26-13-7-5-11-22(26)15-17-34(28(36)19-21-9-3-2-4-10-21)25-20-24(32(38)33-16-18-35)29-23-12-6-8-14-27(23)40-31(29)30(25)37/h2-14,20,25,29-31,35,37H,15-19H2,1H3,(H,33,38). The molecule has 2 amide bonds. The van der Waals surface area contributed by atoms with Crippen molar-refractivity contribution in [3.63, 3.8) is 0 Å². The average Bonchev–Trinajstić information content (AvgIpc) is 3.38. The van der Waals surface area contributed by atoms with Crippen LogP contribution in [0.3, 0.4) is 0 Å². The lowest BCUT2D eigenvalue weighted by Crippen LogP contribution is -2.56. The van der Waals surface area contributed by atoms with Crippen LogP contribution in [0.1, 0.15) is 22.6 Å². The molecule has 0 radical (unpaired) electrons. The fourth-order valence-electron chi connectivity index (χ4n) is 5.65. The van der Waals surface area contributed by atoms with Crippen molar-refractivity contribution >= 4 is 11.8 Å². The number of hydrogen-bond acceptors (Lipinski definition) is 6. The lowest BCUT2D eigenvalue weighted by molar-refractivity contribution is -0.136. The molecule has 0 fully saturated rings. The Morgan fingerprint density at radius 3 is 2.50 bits per heavy atom. The third-order valence-corrected chi connectivity index (χ3v) is 7.57. The number of nitrogens with one attached hydrogen (secondary N) is 1. The Bertz CT molecular complexity index is 1370. The van der Waals surface area contributed by atoms with E-state index in [9.17, 15) is 19.8 Å². The first-order valence-electron chi connectivity index (χ1n) is 13.5. The Balaban J connectivity index is 1.52. The molecule has 40 heavy (non-hydrogen) atoms. The number of nitrogens with zero attached hydrogens (tertiary/aromatic N) is 1. The van der Waals surface area contributed by atoms with Gasteiger partial charge < -0.3 is 29.9 Å². The van der Waals surface area contributed by atoms with E-state index in [2.05, 4.69) is 5.32 Å². The molecule has 4 atom stereocenters. The number of hydrogen-bond donors (Lipinski definition) is 3. The molecule has 8 heteroatoms. The Morgan fingerprint density at radius 1 is 1.00 bits per heavy atom. The lowest BCUT2D eigenvalue weighted by Gasteiger charge is -2.41. The van der Waals surface area contributed by atoms with Crippen molar-refractivity contribution in [3.05, 3.63) is 107 Å². The maximum atomic E-state index is 13.9. The first-order chi connectivity index (χ1) is 19.5. The van der Waals surface area contributed by atoms with Gasteiger partial charge in [-0.25, -0.2) is 0 Å². The minimum Gasteiger partial charge on any atom is -0.496 e. The number of benzene rings is 3. The van der Waals surface area contributed by atoms with Gasteiger partial charge in [0.25, 0.3) is 0 Å². The van der Waals surface area contributed by atoms with E-state index in [1.807, 2.05) is 78.9 Å². The van der Waals surface area contributed by atoms with Crippen LogP contribution in [0.2, 0.25) is 0 Å². The summed E-state index contributed by atoms with van der Waals surface area (Å²) in [6.45, 7) is 0.181. The van der Waals surface area contributed by atoms with Crippen LogP contribution < -0.4 is 14.8 Å². The molecule has 1 heterocycles. The van der Waals surface area contributed by atoms with Crippen LogP contribution in [-0.2, 0) is 22.4 Å². The molecule has 0 saturated heterocycles. The molecule has 1 aliphatic carbocycles. The molecule has 208 valence electrons. The Kier molecular flexibility index (Phi) is 8.48. The molecular weight excluding hydrogens is 508 g/mol. The van der Waals surface area contributed by atoms with Gasteiger partial charge in [-0.1, -0.05) is 66.7 Å². The second-order valence-electron chi connectivity index (χ2n) is 9.99. The number of fused-ring (bicyclic) bond motifs is 3. The highest BCUT2D eigenvalue weighted by Gasteiger charge is 2.50. The zero-order chi connectivity index (χ0) is 28.1. The van der Waals surface area contributed by atoms with Gasteiger partial charge in [-0.3, -0.25) is 9.59 Å². The van der Waals surface area contributed by atoms with Gasteiger partial charge in [-0.2, -0.15) is 0 Å². The second kappa shape index (κ2) is 12.4. The molecule has 8 nitrogen and oxygen atoms in total. The summed E-state index contributed by atoms with van der Waals surface area (Å²) in [6, 6.07) is 23.7. The van der Waals surface area contributed by atoms with Gasteiger partial charge in [0, 0.05) is 24.2 Å². The van der Waals surface area contributed by atoms with E-state index in [0.29, 0.717) is 24.3 Å². The van der Waals surface area contributed by atoms with E-state index in [1.54, 1.807) is 18.1 Å². The van der Waals surface area contributed by atoms with E-state index >= 15 is 0 Å². The normalized spacial score (nSPS) is 20.9. The van der Waals surface area contributed by atoms with Crippen LogP contribution in [0.5, 0.6) is 11.5 Å². The van der Waals surface area contributed by atoms with E-state index in [1.165, 1.54) is 0 Å². The highest BCUT2D eigenvalue weighted by Crippen LogP contribution is 2.47. The van der Waals surface area contributed by atoms with Gasteiger partial charge in [-0.15, -0.1) is 0 Å². The van der Waals surface area contributed by atoms with Crippen molar-refractivity contribution < 1.29 is 29.3 Å². The van der Waals surface area contributed by atoms with Gasteiger partial charge in [0.05, 0.1) is 32.1 Å². The molecule has 0 saturated carbocycles. The van der Waals surface area contributed by atoms with Gasteiger partial charge in [0.1, 0.15) is 23.7 Å². The maximum absolute atomic E-state index is 13.9. The number of methoxy groups -OCH3 is 1. The third-order valence-electron chi connectivity index (χ3n) is 7.57. The summed E-state index contributed by atoms with van der Waals surface area (Å²) in [5.41, 5.74) is 3.01. The first-order valence-corrected chi connectivity index (χ1v) is 13.5. The summed E-state index contributed by atoms with van der Waals surface area (Å²) in [5.74, 6) is 0.291. The SMILES string of the molecule is COc1ccccc1CCN(C(=O)Cc1ccccc1)C1C=C(C(=O)NCCO)C2c3ccccc3OC2C1O. The Hall–Kier alpha value is -4.14. The van der Waals surface area contributed by atoms with Crippen LogP contribution in [0.25, 0.3) is 0 Å². The van der Waals surface area contributed by atoms with Crippen molar-refractivity contribution in [1.82, 2.24) is 10.2 Å². The summed E-state index contributed by atoms with van der Waals surface area (Å²) >= 11 is 0. The average molecular weight is 543 g/mol. The van der Waals surface area contributed by atoms with Gasteiger partial charge in [0.15, 0.2) is 0 Å². The van der Waals surface area contributed by atoms with Gasteiger partial charge >= 0.3 is 0 Å². The number of carbonyl (C=O) groups excluding carboxylic acids is 2. The number of para-hydroxylation sites is 2. The molecule has 5 rings (SSSR count). The quantitative estimate of drug-likeness (QED) is 0.364. The fraction of sp³-hybridized carbons (Fsp3) is 0.312. The van der Waals surface area contributed by atoms with Crippen molar-refractivity contribution in [2.45, 2.75) is 37.0 Å². The molecule has 2 aliphatic rings. The van der Waals surface area contributed by atoms with Gasteiger partial charge in [-0.05, 0) is 35.8 Å². The smallest absolute Gasteiger partial charge is 0.247 e. The number of carbonyl (C=O) groups is 2. The van der Waals surface area contributed by atoms with Crippen LogP contribution in [0, 0.1) is 0 Å². The summed E-state index contributed by atoms with van der Waals surface area (Å²) in [6.07, 6.45) is 0.507. The van der Waals surface area contributed by atoms with Gasteiger partial charge in [0.2, 0.25) is 11.8 Å². The summed E-state index contributed by atoms with van der Waals surface area (Å²) in [7, 11) is 1.61. The van der Waals surface area contributed by atoms with E-state index in [4.69, 9.17) is 9.47 Å². The van der Waals surface area contributed by atoms with Crippen molar-refractivity contribution in [3.8, 4) is 11.5 Å². The molecule has 0 aromatic heterocycles.